The normalized spacial score (nSPS) is 15.9. The quantitative estimate of drug-likeness (QED) is 0.849. The third-order valence-electron chi connectivity index (χ3n) is 3.93. The number of aliphatic hydroxyl groups excluding tert-OH is 2. The van der Waals surface area contributed by atoms with Gasteiger partial charge in [0.15, 0.2) is 0 Å². The fraction of sp³-hybridized carbons (Fsp3) is 0.600. The molecular weight excluding hydrogens is 283 g/mol. The highest BCUT2D eigenvalue weighted by molar-refractivity contribution is 5.57. The molecule has 0 bridgehead atoms. The van der Waals surface area contributed by atoms with Crippen LogP contribution in [0, 0.1) is 0 Å². The number of benzene rings is 1. The van der Waals surface area contributed by atoms with Gasteiger partial charge >= 0.3 is 6.18 Å². The molecular formula is C15H20F3NO2. The third kappa shape index (κ3) is 3.68. The molecule has 21 heavy (non-hydrogen) atoms. The van der Waals surface area contributed by atoms with Gasteiger partial charge in [0, 0.05) is 24.9 Å². The molecule has 0 radical (unpaired) electrons. The molecule has 1 aliphatic carbocycles. The average molecular weight is 303 g/mol. The van der Waals surface area contributed by atoms with Crippen LogP contribution in [0.25, 0.3) is 0 Å². The van der Waals surface area contributed by atoms with Crippen LogP contribution in [0.15, 0.2) is 18.2 Å². The Balaban J connectivity index is 2.38. The predicted molar refractivity (Wildman–Crippen MR) is 74.1 cm³/mol. The summed E-state index contributed by atoms with van der Waals surface area (Å²) in [7, 11) is 0. The Labute approximate surface area is 122 Å². The Bertz CT molecular complexity index is 472. The van der Waals surface area contributed by atoms with Crippen molar-refractivity contribution in [1.82, 2.24) is 0 Å². The van der Waals surface area contributed by atoms with E-state index in [-0.39, 0.29) is 23.9 Å². The van der Waals surface area contributed by atoms with E-state index in [1.54, 1.807) is 4.90 Å². The second kappa shape index (κ2) is 6.66. The number of nitrogens with zero attached hydrogens (tertiary/aromatic N) is 1. The standard InChI is InChI=1S/C15H20F3NO2/c16-15(17,18)13-9-11(10-21)5-6-14(13)19(7-2-8-20)12-3-1-4-12/h5-6,9,12,20-21H,1-4,7-8,10H2. The van der Waals surface area contributed by atoms with E-state index in [0.29, 0.717) is 13.0 Å². The summed E-state index contributed by atoms with van der Waals surface area (Å²) in [5.41, 5.74) is -0.307. The Morgan fingerprint density at radius 1 is 1.19 bits per heavy atom. The van der Waals surface area contributed by atoms with Gasteiger partial charge in [-0.25, -0.2) is 0 Å². The molecule has 0 spiro atoms. The monoisotopic (exact) mass is 303 g/mol. The van der Waals surface area contributed by atoms with Crippen LogP contribution >= 0.6 is 0 Å². The van der Waals surface area contributed by atoms with Crippen LogP contribution < -0.4 is 4.90 Å². The van der Waals surface area contributed by atoms with Crippen molar-refractivity contribution in [3.63, 3.8) is 0 Å². The first-order chi connectivity index (χ1) is 9.97. The van der Waals surface area contributed by atoms with Crippen LogP contribution in [0.4, 0.5) is 18.9 Å². The molecule has 1 aromatic rings. The van der Waals surface area contributed by atoms with Crippen molar-refractivity contribution in [2.24, 2.45) is 0 Å². The van der Waals surface area contributed by atoms with Crippen LogP contribution in [-0.2, 0) is 12.8 Å². The molecule has 0 atom stereocenters. The van der Waals surface area contributed by atoms with E-state index in [9.17, 15) is 13.2 Å². The minimum Gasteiger partial charge on any atom is -0.396 e. The largest absolute Gasteiger partial charge is 0.418 e. The smallest absolute Gasteiger partial charge is 0.396 e. The summed E-state index contributed by atoms with van der Waals surface area (Å²) in [4.78, 5) is 1.75. The molecule has 0 aliphatic heterocycles. The summed E-state index contributed by atoms with van der Waals surface area (Å²) in [5, 5.41) is 18.0. The molecule has 1 aliphatic rings. The molecule has 118 valence electrons. The summed E-state index contributed by atoms with van der Waals surface area (Å²) in [5.74, 6) is 0. The van der Waals surface area contributed by atoms with Gasteiger partial charge in [0.25, 0.3) is 0 Å². The highest BCUT2D eigenvalue weighted by Crippen LogP contribution is 2.40. The van der Waals surface area contributed by atoms with E-state index in [1.807, 2.05) is 0 Å². The van der Waals surface area contributed by atoms with Crippen molar-refractivity contribution in [2.75, 3.05) is 18.1 Å². The zero-order valence-electron chi connectivity index (χ0n) is 11.7. The molecule has 2 N–H and O–H groups in total. The fourth-order valence-electron chi connectivity index (χ4n) is 2.60. The number of rotatable bonds is 6. The molecule has 0 heterocycles. The van der Waals surface area contributed by atoms with Crippen LogP contribution in [0.2, 0.25) is 0 Å². The van der Waals surface area contributed by atoms with E-state index in [4.69, 9.17) is 10.2 Å². The lowest BCUT2D eigenvalue weighted by Gasteiger charge is -2.40. The number of hydrogen-bond acceptors (Lipinski definition) is 3. The lowest BCUT2D eigenvalue weighted by atomic mass is 9.90. The summed E-state index contributed by atoms with van der Waals surface area (Å²) in [6.45, 7) is -0.0502. The summed E-state index contributed by atoms with van der Waals surface area (Å²) in [6, 6.07) is 4.08. The number of anilines is 1. The van der Waals surface area contributed by atoms with Crippen molar-refractivity contribution in [3.05, 3.63) is 29.3 Å². The van der Waals surface area contributed by atoms with Gasteiger partial charge in [0.1, 0.15) is 0 Å². The molecule has 1 aromatic carbocycles. The number of halogens is 3. The van der Waals surface area contributed by atoms with Crippen molar-refractivity contribution in [1.29, 1.82) is 0 Å². The highest BCUT2D eigenvalue weighted by Gasteiger charge is 2.37. The van der Waals surface area contributed by atoms with Crippen molar-refractivity contribution < 1.29 is 23.4 Å². The summed E-state index contributed by atoms with van der Waals surface area (Å²) >= 11 is 0. The number of aliphatic hydroxyl groups is 2. The van der Waals surface area contributed by atoms with Gasteiger partial charge in [-0.05, 0) is 43.4 Å². The maximum Gasteiger partial charge on any atom is 0.418 e. The minimum absolute atomic E-state index is 0.0424. The molecule has 0 amide bonds. The maximum absolute atomic E-state index is 13.3. The average Bonchev–Trinajstić information content (AvgIpc) is 2.39. The van der Waals surface area contributed by atoms with Crippen molar-refractivity contribution >= 4 is 5.69 Å². The van der Waals surface area contributed by atoms with Gasteiger partial charge in [-0.2, -0.15) is 13.2 Å². The fourth-order valence-corrected chi connectivity index (χ4v) is 2.60. The maximum atomic E-state index is 13.3. The summed E-state index contributed by atoms with van der Waals surface area (Å²) in [6.07, 6.45) is -1.23. The second-order valence-electron chi connectivity index (χ2n) is 5.36. The molecule has 3 nitrogen and oxygen atoms in total. The molecule has 0 unspecified atom stereocenters. The lowest BCUT2D eigenvalue weighted by Crippen LogP contribution is -2.42. The Kier molecular flexibility index (Phi) is 5.11. The minimum atomic E-state index is -4.46. The van der Waals surface area contributed by atoms with Gasteiger partial charge < -0.3 is 15.1 Å². The van der Waals surface area contributed by atoms with Crippen LogP contribution in [0.1, 0.15) is 36.8 Å². The van der Waals surface area contributed by atoms with Gasteiger partial charge in [0.05, 0.1) is 12.2 Å². The number of alkyl halides is 3. The topological polar surface area (TPSA) is 43.7 Å². The predicted octanol–water partition coefficient (Wildman–Crippen LogP) is 2.94. The van der Waals surface area contributed by atoms with E-state index in [0.717, 1.165) is 25.3 Å². The van der Waals surface area contributed by atoms with Gasteiger partial charge in [-0.3, -0.25) is 0 Å². The first kappa shape index (κ1) is 16.1. The van der Waals surface area contributed by atoms with Crippen LogP contribution in [-0.4, -0.2) is 29.4 Å². The summed E-state index contributed by atoms with van der Waals surface area (Å²) < 4.78 is 39.8. The molecule has 0 saturated heterocycles. The second-order valence-corrected chi connectivity index (χ2v) is 5.36. The molecule has 2 rings (SSSR count). The van der Waals surface area contributed by atoms with Gasteiger partial charge in [-0.15, -0.1) is 0 Å². The molecule has 0 aromatic heterocycles. The van der Waals surface area contributed by atoms with Gasteiger partial charge in [-0.1, -0.05) is 6.07 Å². The highest BCUT2D eigenvalue weighted by atomic mass is 19.4. The lowest BCUT2D eigenvalue weighted by molar-refractivity contribution is -0.137. The van der Waals surface area contributed by atoms with E-state index in [2.05, 4.69) is 0 Å². The Morgan fingerprint density at radius 2 is 1.90 bits per heavy atom. The molecule has 1 fully saturated rings. The zero-order chi connectivity index (χ0) is 15.5. The molecule has 6 heteroatoms. The van der Waals surface area contributed by atoms with Gasteiger partial charge in [0.2, 0.25) is 0 Å². The van der Waals surface area contributed by atoms with Crippen LogP contribution in [0.5, 0.6) is 0 Å². The number of hydrogen-bond donors (Lipinski definition) is 2. The van der Waals surface area contributed by atoms with Crippen molar-refractivity contribution in [3.8, 4) is 0 Å². The Hall–Kier alpha value is -1.27. The first-order valence-electron chi connectivity index (χ1n) is 7.16. The van der Waals surface area contributed by atoms with E-state index < -0.39 is 18.3 Å². The Morgan fingerprint density at radius 3 is 2.38 bits per heavy atom. The first-order valence-corrected chi connectivity index (χ1v) is 7.16. The zero-order valence-corrected chi connectivity index (χ0v) is 11.7. The SMILES string of the molecule is OCCCN(c1ccc(CO)cc1C(F)(F)F)C1CCC1. The molecule has 1 saturated carbocycles. The van der Waals surface area contributed by atoms with Crippen LogP contribution in [0.3, 0.4) is 0 Å². The van der Waals surface area contributed by atoms with E-state index >= 15 is 0 Å². The van der Waals surface area contributed by atoms with Crippen molar-refractivity contribution in [2.45, 2.75) is 44.5 Å². The van der Waals surface area contributed by atoms with E-state index in [1.165, 1.54) is 12.1 Å². The third-order valence-corrected chi connectivity index (χ3v) is 3.93.